The first-order valence-electron chi connectivity index (χ1n) is 7.71. The molecule has 1 aromatic heterocycles. The summed E-state index contributed by atoms with van der Waals surface area (Å²) in [4.78, 5) is 2.40. The molecule has 0 radical (unpaired) electrons. The molecule has 2 fully saturated rings. The first kappa shape index (κ1) is 15.3. The SMILES string of the molecule is CCc1nn(C)c(Cl)c1CN1C[C@@H]2CCOC[C@]2(CO)C1. The van der Waals surface area contributed by atoms with Crippen LogP contribution in [-0.2, 0) is 24.8 Å². The van der Waals surface area contributed by atoms with E-state index in [1.54, 1.807) is 4.68 Å². The summed E-state index contributed by atoms with van der Waals surface area (Å²) >= 11 is 6.39. The average Bonchev–Trinajstić information content (AvgIpc) is 3.00. The number of aromatic nitrogens is 2. The molecule has 21 heavy (non-hydrogen) atoms. The molecule has 2 aliphatic heterocycles. The summed E-state index contributed by atoms with van der Waals surface area (Å²) in [5.41, 5.74) is 2.13. The third kappa shape index (κ3) is 2.61. The largest absolute Gasteiger partial charge is 0.396 e. The lowest BCUT2D eigenvalue weighted by Gasteiger charge is -2.36. The van der Waals surface area contributed by atoms with Crippen LogP contribution in [0, 0.1) is 11.3 Å². The second-order valence-electron chi connectivity index (χ2n) is 6.42. The van der Waals surface area contributed by atoms with Crippen LogP contribution in [-0.4, -0.2) is 52.7 Å². The highest BCUT2D eigenvalue weighted by Crippen LogP contribution is 2.41. The number of hydrogen-bond donors (Lipinski definition) is 1. The number of aryl methyl sites for hydroxylation is 2. The maximum Gasteiger partial charge on any atom is 0.131 e. The molecular weight excluding hydrogens is 290 g/mol. The van der Waals surface area contributed by atoms with Crippen molar-refractivity contribution < 1.29 is 9.84 Å². The van der Waals surface area contributed by atoms with Crippen molar-refractivity contribution in [3.05, 3.63) is 16.4 Å². The lowest BCUT2D eigenvalue weighted by molar-refractivity contribution is -0.0561. The molecule has 0 unspecified atom stereocenters. The van der Waals surface area contributed by atoms with Crippen LogP contribution in [0.25, 0.3) is 0 Å². The lowest BCUT2D eigenvalue weighted by Crippen LogP contribution is -2.42. The Bertz CT molecular complexity index is 519. The van der Waals surface area contributed by atoms with E-state index < -0.39 is 0 Å². The summed E-state index contributed by atoms with van der Waals surface area (Å²) < 4.78 is 7.37. The van der Waals surface area contributed by atoms with Gasteiger partial charge in [-0.05, 0) is 18.8 Å². The van der Waals surface area contributed by atoms with Crippen LogP contribution < -0.4 is 0 Å². The summed E-state index contributed by atoms with van der Waals surface area (Å²) in [5.74, 6) is 0.525. The zero-order valence-electron chi connectivity index (χ0n) is 12.8. The number of halogens is 1. The molecular formula is C15H24ClN3O2. The summed E-state index contributed by atoms with van der Waals surface area (Å²) in [6.45, 7) is 6.50. The highest BCUT2D eigenvalue weighted by molar-refractivity contribution is 6.30. The van der Waals surface area contributed by atoms with Crippen molar-refractivity contribution in [1.82, 2.24) is 14.7 Å². The minimum absolute atomic E-state index is 0.0840. The van der Waals surface area contributed by atoms with Crippen LogP contribution in [0.3, 0.4) is 0 Å². The van der Waals surface area contributed by atoms with Gasteiger partial charge in [-0.3, -0.25) is 9.58 Å². The molecule has 1 N–H and O–H groups in total. The van der Waals surface area contributed by atoms with Crippen molar-refractivity contribution in [1.29, 1.82) is 0 Å². The molecule has 2 saturated heterocycles. The van der Waals surface area contributed by atoms with Gasteiger partial charge >= 0.3 is 0 Å². The molecule has 0 spiro atoms. The van der Waals surface area contributed by atoms with Gasteiger partial charge in [0, 0.05) is 44.3 Å². The van der Waals surface area contributed by atoms with Gasteiger partial charge in [0.1, 0.15) is 5.15 Å². The molecule has 118 valence electrons. The van der Waals surface area contributed by atoms with E-state index in [9.17, 15) is 5.11 Å². The van der Waals surface area contributed by atoms with E-state index in [4.69, 9.17) is 16.3 Å². The number of ether oxygens (including phenoxy) is 1. The topological polar surface area (TPSA) is 50.5 Å². The summed E-state index contributed by atoms with van der Waals surface area (Å²) in [6.07, 6.45) is 1.93. The van der Waals surface area contributed by atoms with E-state index in [-0.39, 0.29) is 12.0 Å². The van der Waals surface area contributed by atoms with Gasteiger partial charge in [0.15, 0.2) is 0 Å². The number of nitrogens with zero attached hydrogens (tertiary/aromatic N) is 3. The van der Waals surface area contributed by atoms with Crippen LogP contribution in [0.5, 0.6) is 0 Å². The van der Waals surface area contributed by atoms with Gasteiger partial charge < -0.3 is 9.84 Å². The van der Waals surface area contributed by atoms with E-state index in [0.717, 1.165) is 55.5 Å². The van der Waals surface area contributed by atoms with Gasteiger partial charge in [-0.1, -0.05) is 18.5 Å². The quantitative estimate of drug-likeness (QED) is 0.914. The summed E-state index contributed by atoms with van der Waals surface area (Å²) in [7, 11) is 1.89. The number of aliphatic hydroxyl groups is 1. The minimum atomic E-state index is -0.0840. The van der Waals surface area contributed by atoms with Crippen LogP contribution in [0.2, 0.25) is 5.15 Å². The number of aliphatic hydroxyl groups excluding tert-OH is 1. The lowest BCUT2D eigenvalue weighted by atomic mass is 9.76. The maximum absolute atomic E-state index is 9.85. The number of rotatable bonds is 4. The predicted octanol–water partition coefficient (Wildman–Crippen LogP) is 1.47. The summed E-state index contributed by atoms with van der Waals surface area (Å²) in [5, 5.41) is 15.1. The molecule has 6 heteroatoms. The molecule has 5 nitrogen and oxygen atoms in total. The Balaban J connectivity index is 1.78. The Morgan fingerprint density at radius 2 is 2.33 bits per heavy atom. The van der Waals surface area contributed by atoms with Gasteiger partial charge in [0.25, 0.3) is 0 Å². The standard InChI is InChI=1S/C15H24ClN3O2/c1-3-13-12(14(16)18(2)17-13)7-19-6-11-4-5-21-10-15(11,8-19)9-20/h11,20H,3-10H2,1-2H3/t11-,15+/m0/s1. The molecule has 0 saturated carbocycles. The van der Waals surface area contributed by atoms with Crippen molar-refractivity contribution in [2.75, 3.05) is 32.9 Å². The zero-order chi connectivity index (χ0) is 15.0. The van der Waals surface area contributed by atoms with E-state index in [2.05, 4.69) is 16.9 Å². The predicted molar refractivity (Wildman–Crippen MR) is 81.3 cm³/mol. The van der Waals surface area contributed by atoms with Gasteiger partial charge in [0.05, 0.1) is 18.9 Å². The summed E-state index contributed by atoms with van der Waals surface area (Å²) in [6, 6.07) is 0. The van der Waals surface area contributed by atoms with Crippen LogP contribution in [0.15, 0.2) is 0 Å². The third-order valence-electron chi connectivity index (χ3n) is 5.07. The molecule has 2 aliphatic rings. The molecule has 3 heterocycles. The van der Waals surface area contributed by atoms with Crippen molar-refractivity contribution in [2.45, 2.75) is 26.3 Å². The first-order chi connectivity index (χ1) is 10.1. The molecule has 0 aromatic carbocycles. The normalized spacial score (nSPS) is 29.8. The fraction of sp³-hybridized carbons (Fsp3) is 0.800. The van der Waals surface area contributed by atoms with Gasteiger partial charge in [-0.25, -0.2) is 0 Å². The highest BCUT2D eigenvalue weighted by Gasteiger charge is 2.48. The second-order valence-corrected chi connectivity index (χ2v) is 6.78. The Hall–Kier alpha value is -0.620. The Kier molecular flexibility index (Phi) is 4.28. The molecule has 0 aliphatic carbocycles. The Morgan fingerprint density at radius 3 is 3.00 bits per heavy atom. The Labute approximate surface area is 130 Å². The van der Waals surface area contributed by atoms with Crippen molar-refractivity contribution in [2.24, 2.45) is 18.4 Å². The highest BCUT2D eigenvalue weighted by atomic mass is 35.5. The van der Waals surface area contributed by atoms with E-state index in [1.807, 2.05) is 7.05 Å². The number of hydrogen-bond acceptors (Lipinski definition) is 4. The van der Waals surface area contributed by atoms with E-state index in [1.165, 1.54) is 0 Å². The van der Waals surface area contributed by atoms with Crippen molar-refractivity contribution in [3.8, 4) is 0 Å². The fourth-order valence-corrected chi connectivity index (χ4v) is 4.02. The monoisotopic (exact) mass is 313 g/mol. The number of likely N-dealkylation sites (tertiary alicyclic amines) is 1. The molecule has 3 rings (SSSR count). The molecule has 1 aromatic rings. The first-order valence-corrected chi connectivity index (χ1v) is 8.08. The minimum Gasteiger partial charge on any atom is -0.396 e. The molecule has 0 bridgehead atoms. The molecule has 2 atom stereocenters. The smallest absolute Gasteiger partial charge is 0.131 e. The molecule has 0 amide bonds. The van der Waals surface area contributed by atoms with Gasteiger partial charge in [0.2, 0.25) is 0 Å². The average molecular weight is 314 g/mol. The van der Waals surface area contributed by atoms with Crippen molar-refractivity contribution in [3.63, 3.8) is 0 Å². The van der Waals surface area contributed by atoms with Crippen LogP contribution >= 0.6 is 11.6 Å². The third-order valence-corrected chi connectivity index (χ3v) is 5.54. The van der Waals surface area contributed by atoms with Crippen molar-refractivity contribution >= 4 is 11.6 Å². The van der Waals surface area contributed by atoms with Crippen LogP contribution in [0.4, 0.5) is 0 Å². The van der Waals surface area contributed by atoms with Gasteiger partial charge in [-0.2, -0.15) is 5.10 Å². The zero-order valence-corrected chi connectivity index (χ0v) is 13.6. The maximum atomic E-state index is 9.85. The second kappa shape index (κ2) is 5.88. The number of fused-ring (bicyclic) bond motifs is 1. The fourth-order valence-electron chi connectivity index (χ4n) is 3.82. The van der Waals surface area contributed by atoms with Crippen LogP contribution in [0.1, 0.15) is 24.6 Å². The Morgan fingerprint density at radius 1 is 1.52 bits per heavy atom. The van der Waals surface area contributed by atoms with E-state index in [0.29, 0.717) is 12.5 Å². The van der Waals surface area contributed by atoms with Gasteiger partial charge in [-0.15, -0.1) is 0 Å². The van der Waals surface area contributed by atoms with E-state index >= 15 is 0 Å².